The van der Waals surface area contributed by atoms with Gasteiger partial charge in [0.05, 0.1) is 5.92 Å². The van der Waals surface area contributed by atoms with Crippen molar-refractivity contribution in [3.63, 3.8) is 0 Å². The second kappa shape index (κ2) is 4.80. The van der Waals surface area contributed by atoms with Crippen LogP contribution in [0.5, 0.6) is 0 Å². The molecule has 1 N–H and O–H groups in total. The van der Waals surface area contributed by atoms with Gasteiger partial charge in [-0.15, -0.1) is 0 Å². The predicted molar refractivity (Wildman–Crippen MR) is 62.1 cm³/mol. The Kier molecular flexibility index (Phi) is 3.36. The number of nitrogens with zero attached hydrogens (tertiary/aromatic N) is 2. The fourth-order valence-corrected chi connectivity index (χ4v) is 1.80. The van der Waals surface area contributed by atoms with Gasteiger partial charge in [0.2, 0.25) is 0 Å². The zero-order valence-corrected chi connectivity index (χ0v) is 10.4. The van der Waals surface area contributed by atoms with Crippen LogP contribution in [0.25, 0.3) is 0 Å². The molecule has 1 aliphatic carbocycles. The zero-order valence-electron chi connectivity index (χ0n) is 10.4. The third-order valence-electron chi connectivity index (χ3n) is 3.09. The highest BCUT2D eigenvalue weighted by atomic mass is 16.4. The van der Waals surface area contributed by atoms with Crippen molar-refractivity contribution in [2.24, 2.45) is 5.92 Å². The van der Waals surface area contributed by atoms with Crippen LogP contribution in [0.3, 0.4) is 0 Å². The van der Waals surface area contributed by atoms with Crippen molar-refractivity contribution in [1.29, 1.82) is 0 Å². The fourth-order valence-electron chi connectivity index (χ4n) is 1.80. The summed E-state index contributed by atoms with van der Waals surface area (Å²) in [7, 11) is 0. The lowest BCUT2D eigenvalue weighted by Gasteiger charge is -2.23. The van der Waals surface area contributed by atoms with Crippen molar-refractivity contribution in [1.82, 2.24) is 9.88 Å². The summed E-state index contributed by atoms with van der Waals surface area (Å²) in [5, 5.41) is 8.93. The van der Waals surface area contributed by atoms with Gasteiger partial charge in [-0.2, -0.15) is 0 Å². The maximum absolute atomic E-state index is 12.3. The number of carbonyl (C=O) groups is 2. The van der Waals surface area contributed by atoms with Crippen molar-refractivity contribution >= 4 is 11.9 Å². The van der Waals surface area contributed by atoms with E-state index in [1.54, 1.807) is 18.7 Å². The summed E-state index contributed by atoms with van der Waals surface area (Å²) in [5.41, 5.74) is 0.277. The lowest BCUT2D eigenvalue weighted by atomic mass is 10.1. The number of aliphatic carboxylic acids is 1. The SMILES string of the molecule is Cc1ocnc1C(=O)N(CC(C)C(=O)O)C1CC1. The van der Waals surface area contributed by atoms with Gasteiger partial charge in [-0.05, 0) is 19.8 Å². The molecule has 1 aliphatic rings. The van der Waals surface area contributed by atoms with Gasteiger partial charge >= 0.3 is 5.97 Å². The van der Waals surface area contributed by atoms with E-state index in [4.69, 9.17) is 9.52 Å². The topological polar surface area (TPSA) is 83.6 Å². The highest BCUT2D eigenvalue weighted by molar-refractivity contribution is 5.93. The number of aromatic nitrogens is 1. The Hall–Kier alpha value is -1.85. The molecule has 6 heteroatoms. The molecule has 18 heavy (non-hydrogen) atoms. The summed E-state index contributed by atoms with van der Waals surface area (Å²) in [5.74, 6) is -1.25. The maximum atomic E-state index is 12.3. The largest absolute Gasteiger partial charge is 0.481 e. The minimum absolute atomic E-state index is 0.149. The summed E-state index contributed by atoms with van der Waals surface area (Å²) in [4.78, 5) is 28.7. The Morgan fingerprint density at radius 3 is 2.72 bits per heavy atom. The minimum Gasteiger partial charge on any atom is -0.481 e. The summed E-state index contributed by atoms with van der Waals surface area (Å²) in [6.07, 6.45) is 3.08. The Bertz CT molecular complexity index is 464. The van der Waals surface area contributed by atoms with Crippen molar-refractivity contribution < 1.29 is 19.1 Å². The highest BCUT2D eigenvalue weighted by Crippen LogP contribution is 2.29. The van der Waals surface area contributed by atoms with Gasteiger partial charge in [0, 0.05) is 12.6 Å². The first-order valence-electron chi connectivity index (χ1n) is 5.94. The predicted octanol–water partition coefficient (Wildman–Crippen LogP) is 1.31. The van der Waals surface area contributed by atoms with Crippen LogP contribution in [-0.2, 0) is 4.79 Å². The number of hydrogen-bond donors (Lipinski definition) is 1. The molecule has 1 heterocycles. The Morgan fingerprint density at radius 1 is 1.61 bits per heavy atom. The van der Waals surface area contributed by atoms with E-state index >= 15 is 0 Å². The lowest BCUT2D eigenvalue weighted by Crippen LogP contribution is -2.39. The maximum Gasteiger partial charge on any atom is 0.308 e. The molecule has 2 rings (SSSR count). The van der Waals surface area contributed by atoms with Gasteiger partial charge in [0.15, 0.2) is 12.1 Å². The zero-order chi connectivity index (χ0) is 13.3. The van der Waals surface area contributed by atoms with Crippen LogP contribution in [-0.4, -0.2) is 39.5 Å². The van der Waals surface area contributed by atoms with Crippen LogP contribution >= 0.6 is 0 Å². The van der Waals surface area contributed by atoms with Crippen LogP contribution in [0.2, 0.25) is 0 Å². The first-order chi connectivity index (χ1) is 8.50. The van der Waals surface area contributed by atoms with Gasteiger partial charge in [-0.25, -0.2) is 4.98 Å². The van der Waals surface area contributed by atoms with Crippen molar-refractivity contribution in [3.8, 4) is 0 Å². The van der Waals surface area contributed by atoms with Crippen LogP contribution in [0, 0.1) is 12.8 Å². The Balaban J connectivity index is 2.13. The molecule has 0 saturated heterocycles. The number of aryl methyl sites for hydroxylation is 1. The van der Waals surface area contributed by atoms with E-state index < -0.39 is 11.9 Å². The molecule has 98 valence electrons. The smallest absolute Gasteiger partial charge is 0.308 e. The van der Waals surface area contributed by atoms with Gasteiger partial charge in [0.1, 0.15) is 5.76 Å². The van der Waals surface area contributed by atoms with E-state index in [-0.39, 0.29) is 24.2 Å². The molecule has 1 saturated carbocycles. The van der Waals surface area contributed by atoms with E-state index in [1.165, 1.54) is 6.39 Å². The number of amides is 1. The Morgan fingerprint density at radius 2 is 2.28 bits per heavy atom. The van der Waals surface area contributed by atoms with E-state index in [0.29, 0.717) is 5.76 Å². The molecule has 1 atom stereocenters. The molecular formula is C12H16N2O4. The first kappa shape index (κ1) is 12.6. The first-order valence-corrected chi connectivity index (χ1v) is 5.94. The molecule has 0 aromatic carbocycles. The number of rotatable bonds is 5. The third-order valence-corrected chi connectivity index (χ3v) is 3.09. The molecule has 1 fully saturated rings. The average molecular weight is 252 g/mol. The van der Waals surface area contributed by atoms with Gasteiger partial charge in [0.25, 0.3) is 5.91 Å². The molecule has 0 bridgehead atoms. The quantitative estimate of drug-likeness (QED) is 0.854. The minimum atomic E-state index is -0.898. The van der Waals surface area contributed by atoms with Gasteiger partial charge < -0.3 is 14.4 Å². The van der Waals surface area contributed by atoms with E-state index in [1.807, 2.05) is 0 Å². The normalized spacial score (nSPS) is 16.3. The molecule has 1 amide bonds. The van der Waals surface area contributed by atoms with Gasteiger partial charge in [-0.1, -0.05) is 6.92 Å². The molecule has 0 aliphatic heterocycles. The van der Waals surface area contributed by atoms with Crippen molar-refractivity contribution in [2.45, 2.75) is 32.7 Å². The third kappa shape index (κ3) is 2.52. The van der Waals surface area contributed by atoms with Crippen LogP contribution < -0.4 is 0 Å². The summed E-state index contributed by atoms with van der Waals surface area (Å²) >= 11 is 0. The molecule has 6 nitrogen and oxygen atoms in total. The summed E-state index contributed by atoms with van der Waals surface area (Å²) in [6, 6.07) is 0.149. The number of carbonyl (C=O) groups excluding carboxylic acids is 1. The lowest BCUT2D eigenvalue weighted by molar-refractivity contribution is -0.141. The average Bonchev–Trinajstić information content (AvgIpc) is 3.07. The van der Waals surface area contributed by atoms with E-state index in [0.717, 1.165) is 12.8 Å². The molecule has 0 spiro atoms. The Labute approximate surface area is 105 Å². The number of hydrogen-bond acceptors (Lipinski definition) is 4. The van der Waals surface area contributed by atoms with Crippen LogP contribution in [0.1, 0.15) is 36.0 Å². The monoisotopic (exact) mass is 252 g/mol. The van der Waals surface area contributed by atoms with E-state index in [9.17, 15) is 9.59 Å². The molecule has 0 radical (unpaired) electrons. The number of carboxylic acid groups (broad SMARTS) is 1. The van der Waals surface area contributed by atoms with Crippen LogP contribution in [0.4, 0.5) is 0 Å². The van der Waals surface area contributed by atoms with Crippen molar-refractivity contribution in [2.75, 3.05) is 6.54 Å². The summed E-state index contributed by atoms with van der Waals surface area (Å²) < 4.78 is 5.01. The molecule has 1 aromatic rings. The second-order valence-electron chi connectivity index (χ2n) is 4.69. The van der Waals surface area contributed by atoms with Crippen molar-refractivity contribution in [3.05, 3.63) is 17.8 Å². The van der Waals surface area contributed by atoms with Gasteiger partial charge in [-0.3, -0.25) is 9.59 Å². The highest BCUT2D eigenvalue weighted by Gasteiger charge is 2.36. The standard InChI is InChI=1S/C12H16N2O4/c1-7(12(16)17)5-14(9-3-4-9)11(15)10-8(2)18-6-13-10/h6-7,9H,3-5H2,1-2H3,(H,16,17). The summed E-state index contributed by atoms with van der Waals surface area (Å²) in [6.45, 7) is 3.48. The fraction of sp³-hybridized carbons (Fsp3) is 0.583. The van der Waals surface area contributed by atoms with E-state index in [2.05, 4.69) is 4.98 Å². The number of carboxylic acids is 1. The number of oxazole rings is 1. The molecular weight excluding hydrogens is 236 g/mol. The molecule has 1 unspecified atom stereocenters. The van der Waals surface area contributed by atoms with Crippen LogP contribution in [0.15, 0.2) is 10.8 Å². The molecule has 1 aromatic heterocycles. The second-order valence-corrected chi connectivity index (χ2v) is 4.69.